The van der Waals surface area contributed by atoms with Crippen LogP contribution in [0.15, 0.2) is 12.7 Å². The van der Waals surface area contributed by atoms with Crippen LogP contribution >= 0.6 is 0 Å². The third-order valence-electron chi connectivity index (χ3n) is 10.6. The van der Waals surface area contributed by atoms with E-state index in [0.29, 0.717) is 0 Å². The van der Waals surface area contributed by atoms with E-state index in [0.717, 1.165) is 35.5 Å². The second-order valence-corrected chi connectivity index (χ2v) is 17.5. The predicted octanol–water partition coefficient (Wildman–Crippen LogP) is 18.4. The maximum atomic E-state index is 3.75. The molecule has 0 saturated carbocycles. The van der Waals surface area contributed by atoms with Crippen LogP contribution in [-0.4, -0.2) is 0 Å². The smallest absolute Gasteiger partial charge is 0.0353 e. The second-order valence-electron chi connectivity index (χ2n) is 17.5. The van der Waals surface area contributed by atoms with Crippen LogP contribution in [0.2, 0.25) is 0 Å². The third-order valence-corrected chi connectivity index (χ3v) is 10.6. The molecule has 0 nitrogen and oxygen atoms in total. The van der Waals surface area contributed by atoms with Gasteiger partial charge in [0.05, 0.1) is 0 Å². The Bertz CT molecular complexity index is 558. The average Bonchev–Trinajstić information content (AvgIpc) is 3.04. The number of allylic oxidation sites excluding steroid dienone is 1. The number of hydrogen-bond donors (Lipinski definition) is 0. The molecule has 0 N–H and O–H groups in total. The molecule has 0 heterocycles. The summed E-state index contributed by atoms with van der Waals surface area (Å²) in [4.78, 5) is 0. The Morgan fingerprint density at radius 2 is 0.583 bits per heavy atom. The van der Waals surface area contributed by atoms with Crippen LogP contribution in [0.4, 0.5) is 0 Å². The molecule has 0 radical (unpaired) electrons. The molecule has 0 spiro atoms. The largest absolute Gasteiger partial charge is 0.103 e. The first kappa shape index (κ1) is 52.1. The van der Waals surface area contributed by atoms with Crippen LogP contribution in [0.25, 0.3) is 0 Å². The van der Waals surface area contributed by atoms with Crippen molar-refractivity contribution in [2.45, 2.75) is 262 Å². The molecular weight excluding hydrogens is 577 g/mol. The van der Waals surface area contributed by atoms with Gasteiger partial charge in [-0.1, -0.05) is 256 Å². The molecule has 0 aromatic rings. The highest BCUT2D eigenvalue weighted by Crippen LogP contribution is 2.21. The quantitative estimate of drug-likeness (QED) is 0.0479. The SMILES string of the molecule is C=CCCCCCCC(C)CCCC(C)C.CCCCCC(C)CCCC(C)CCCC.CCCCCCCCC(C)CCCC(C)C. The van der Waals surface area contributed by atoms with Gasteiger partial charge in [-0.15, -0.1) is 6.58 Å². The van der Waals surface area contributed by atoms with Crippen molar-refractivity contribution >= 4 is 0 Å². The lowest BCUT2D eigenvalue weighted by Gasteiger charge is -2.14. The van der Waals surface area contributed by atoms with Crippen LogP contribution in [0.5, 0.6) is 0 Å². The van der Waals surface area contributed by atoms with Crippen LogP contribution in [0.3, 0.4) is 0 Å². The number of rotatable bonds is 33. The lowest BCUT2D eigenvalue weighted by atomic mass is 9.93. The Kier molecular flexibility index (Phi) is 46.6. The van der Waals surface area contributed by atoms with Gasteiger partial charge in [-0.3, -0.25) is 0 Å². The Balaban J connectivity index is -0.000000633. The second kappa shape index (κ2) is 42.9. The van der Waals surface area contributed by atoms with E-state index in [4.69, 9.17) is 0 Å². The van der Waals surface area contributed by atoms with E-state index in [1.165, 1.54) is 186 Å². The van der Waals surface area contributed by atoms with E-state index in [-0.39, 0.29) is 0 Å². The van der Waals surface area contributed by atoms with Gasteiger partial charge >= 0.3 is 0 Å². The van der Waals surface area contributed by atoms with E-state index in [1.807, 2.05) is 6.08 Å². The molecule has 0 aliphatic heterocycles. The van der Waals surface area contributed by atoms with Gasteiger partial charge < -0.3 is 0 Å². The van der Waals surface area contributed by atoms with Gasteiger partial charge in [0.2, 0.25) is 0 Å². The minimum atomic E-state index is 0.881. The normalized spacial score (nSPS) is 13.8. The van der Waals surface area contributed by atoms with Crippen molar-refractivity contribution in [3.05, 3.63) is 12.7 Å². The molecule has 4 atom stereocenters. The van der Waals surface area contributed by atoms with Gasteiger partial charge in [-0.2, -0.15) is 0 Å². The number of hydrogen-bond acceptors (Lipinski definition) is 0. The van der Waals surface area contributed by atoms with E-state index < -0.39 is 0 Å². The fourth-order valence-corrected chi connectivity index (χ4v) is 6.84. The summed E-state index contributed by atoms with van der Waals surface area (Å²) in [5.74, 6) is 5.60. The van der Waals surface area contributed by atoms with Gasteiger partial charge in [0.15, 0.2) is 0 Å². The maximum Gasteiger partial charge on any atom is -0.0353 e. The molecule has 0 fully saturated rings. The zero-order chi connectivity index (χ0) is 36.7. The molecule has 0 saturated heterocycles. The molecule has 0 heteroatoms. The van der Waals surface area contributed by atoms with Crippen LogP contribution in [-0.2, 0) is 0 Å². The standard InChI is InChI=1S/C16H34.C16H32.C16H34/c2*1-5-6-7-8-9-10-13-16(4)14-11-12-15(2)3;1-5-7-9-12-16(4)14-10-13-15(3)11-8-6-2/h15-16H,5-14H2,1-4H3;5,15-16H,1,6-14H2,2-4H3;15-16H,5-14H2,1-4H3. The van der Waals surface area contributed by atoms with Crippen LogP contribution < -0.4 is 0 Å². The first-order chi connectivity index (χ1) is 23.0. The fourth-order valence-electron chi connectivity index (χ4n) is 6.84. The summed E-state index contributed by atoms with van der Waals surface area (Å²) in [6.07, 6.45) is 43.2. The summed E-state index contributed by atoms with van der Waals surface area (Å²) < 4.78 is 0. The fraction of sp³-hybridized carbons (Fsp3) is 0.958. The van der Waals surface area contributed by atoms with Crippen molar-refractivity contribution < 1.29 is 0 Å². The molecule has 0 aromatic carbocycles. The van der Waals surface area contributed by atoms with E-state index in [1.54, 1.807) is 0 Å². The van der Waals surface area contributed by atoms with Gasteiger partial charge in [0.25, 0.3) is 0 Å². The number of unbranched alkanes of at least 4 members (excludes halogenated alkanes) is 12. The van der Waals surface area contributed by atoms with Crippen molar-refractivity contribution in [1.29, 1.82) is 0 Å². The monoisotopic (exact) mass is 677 g/mol. The van der Waals surface area contributed by atoms with Crippen LogP contribution in [0, 0.1) is 35.5 Å². The van der Waals surface area contributed by atoms with E-state index in [9.17, 15) is 0 Å². The van der Waals surface area contributed by atoms with Crippen molar-refractivity contribution in [2.75, 3.05) is 0 Å². The molecule has 0 aromatic heterocycles. The molecule has 48 heavy (non-hydrogen) atoms. The topological polar surface area (TPSA) is 0 Å². The van der Waals surface area contributed by atoms with Crippen molar-refractivity contribution in [2.24, 2.45) is 35.5 Å². The highest BCUT2D eigenvalue weighted by molar-refractivity contribution is 4.65. The highest BCUT2D eigenvalue weighted by Gasteiger charge is 2.06. The summed E-state index contributed by atoms with van der Waals surface area (Å²) in [6, 6.07) is 0. The lowest BCUT2D eigenvalue weighted by Crippen LogP contribution is -1.99. The highest BCUT2D eigenvalue weighted by atomic mass is 14.1. The third kappa shape index (κ3) is 50.1. The molecule has 0 aliphatic rings. The maximum absolute atomic E-state index is 3.75. The lowest BCUT2D eigenvalue weighted by molar-refractivity contribution is 0.396. The Hall–Kier alpha value is -0.260. The zero-order valence-electron chi connectivity index (χ0n) is 36.3. The molecule has 0 bridgehead atoms. The summed E-state index contributed by atoms with van der Waals surface area (Å²) in [5.41, 5.74) is 0. The minimum absolute atomic E-state index is 0.881. The van der Waals surface area contributed by atoms with E-state index >= 15 is 0 Å². The average molecular weight is 677 g/mol. The molecule has 0 amide bonds. The Morgan fingerprint density at radius 1 is 0.312 bits per heavy atom. The van der Waals surface area contributed by atoms with Gasteiger partial charge in [0, 0.05) is 0 Å². The van der Waals surface area contributed by atoms with Crippen molar-refractivity contribution in [1.82, 2.24) is 0 Å². The van der Waals surface area contributed by atoms with Gasteiger partial charge in [-0.05, 0) is 48.3 Å². The van der Waals surface area contributed by atoms with Crippen molar-refractivity contribution in [3.8, 4) is 0 Å². The Labute approximate surface area is 309 Å². The van der Waals surface area contributed by atoms with Gasteiger partial charge in [-0.25, -0.2) is 0 Å². The molecule has 4 unspecified atom stereocenters. The molecule has 0 aliphatic carbocycles. The van der Waals surface area contributed by atoms with Gasteiger partial charge in [0.1, 0.15) is 0 Å². The molecule has 292 valence electrons. The molecular formula is C48H100. The summed E-state index contributed by atoms with van der Waals surface area (Å²) >= 11 is 0. The summed E-state index contributed by atoms with van der Waals surface area (Å²) in [5, 5.41) is 0. The molecule has 0 rings (SSSR count). The zero-order valence-corrected chi connectivity index (χ0v) is 36.3. The summed E-state index contributed by atoms with van der Waals surface area (Å²) in [7, 11) is 0. The predicted molar refractivity (Wildman–Crippen MR) is 227 cm³/mol. The Morgan fingerprint density at radius 3 is 0.958 bits per heavy atom. The minimum Gasteiger partial charge on any atom is -0.103 e. The van der Waals surface area contributed by atoms with Crippen LogP contribution in [0.1, 0.15) is 262 Å². The first-order valence-corrected chi connectivity index (χ1v) is 22.6. The summed E-state index contributed by atoms with van der Waals surface area (Å²) in [6.45, 7) is 29.7. The van der Waals surface area contributed by atoms with E-state index in [2.05, 4.69) is 82.7 Å². The first-order valence-electron chi connectivity index (χ1n) is 22.6. The van der Waals surface area contributed by atoms with Crippen molar-refractivity contribution in [3.63, 3.8) is 0 Å².